The predicted octanol–water partition coefficient (Wildman–Crippen LogP) is 3.39. The number of benzene rings is 2. The van der Waals surface area contributed by atoms with Crippen molar-refractivity contribution in [1.82, 2.24) is 0 Å². The molecule has 1 atom stereocenters. The molecule has 106 valence electrons. The summed E-state index contributed by atoms with van der Waals surface area (Å²) in [5.41, 5.74) is 0.0137. The Morgan fingerprint density at radius 3 is 2.30 bits per heavy atom. The standard InChI is InChI=1S/C14H11F4NO/c15-8-1-3-11(16)10(5-8)14(20)7-19-9-2-4-12(17)13(18)6-9/h1-6,14,19-20H,7H2. The normalized spacial score (nSPS) is 12.2. The lowest BCUT2D eigenvalue weighted by Crippen LogP contribution is -2.14. The lowest BCUT2D eigenvalue weighted by Gasteiger charge is -2.14. The first-order chi connectivity index (χ1) is 9.47. The third kappa shape index (κ3) is 3.27. The van der Waals surface area contributed by atoms with Crippen LogP contribution in [0.4, 0.5) is 23.2 Å². The Bertz CT molecular complexity index is 618. The minimum atomic E-state index is -1.32. The van der Waals surface area contributed by atoms with E-state index in [1.807, 2.05) is 0 Å². The van der Waals surface area contributed by atoms with Gasteiger partial charge in [0.25, 0.3) is 0 Å². The van der Waals surface area contributed by atoms with E-state index in [9.17, 15) is 22.7 Å². The van der Waals surface area contributed by atoms with Gasteiger partial charge in [0.15, 0.2) is 11.6 Å². The van der Waals surface area contributed by atoms with Crippen molar-refractivity contribution in [3.63, 3.8) is 0 Å². The van der Waals surface area contributed by atoms with Gasteiger partial charge in [-0.15, -0.1) is 0 Å². The number of hydrogen-bond donors (Lipinski definition) is 2. The summed E-state index contributed by atoms with van der Waals surface area (Å²) in [6.07, 6.45) is -1.32. The Hall–Kier alpha value is -2.08. The number of rotatable bonds is 4. The largest absolute Gasteiger partial charge is 0.386 e. The minimum Gasteiger partial charge on any atom is -0.386 e. The van der Waals surface area contributed by atoms with Crippen LogP contribution < -0.4 is 5.32 Å². The van der Waals surface area contributed by atoms with Gasteiger partial charge in [-0.25, -0.2) is 17.6 Å². The molecule has 0 spiro atoms. The van der Waals surface area contributed by atoms with Gasteiger partial charge in [-0.1, -0.05) is 0 Å². The van der Waals surface area contributed by atoms with E-state index in [1.165, 1.54) is 6.07 Å². The van der Waals surface area contributed by atoms with Crippen molar-refractivity contribution in [1.29, 1.82) is 0 Å². The molecule has 2 rings (SSSR count). The quantitative estimate of drug-likeness (QED) is 0.844. The van der Waals surface area contributed by atoms with Crippen molar-refractivity contribution in [3.8, 4) is 0 Å². The summed E-state index contributed by atoms with van der Waals surface area (Å²) in [5.74, 6) is -3.45. The Labute approximate surface area is 112 Å². The van der Waals surface area contributed by atoms with Gasteiger partial charge in [-0.05, 0) is 30.3 Å². The van der Waals surface area contributed by atoms with E-state index in [0.717, 1.165) is 30.3 Å². The molecule has 1 unspecified atom stereocenters. The predicted molar refractivity (Wildman–Crippen MR) is 66.2 cm³/mol. The van der Waals surface area contributed by atoms with Crippen molar-refractivity contribution >= 4 is 5.69 Å². The van der Waals surface area contributed by atoms with Gasteiger partial charge in [-0.2, -0.15) is 0 Å². The van der Waals surface area contributed by atoms with E-state index in [1.54, 1.807) is 0 Å². The van der Waals surface area contributed by atoms with Crippen LogP contribution in [-0.2, 0) is 0 Å². The summed E-state index contributed by atoms with van der Waals surface area (Å²) in [6.45, 7) is -0.175. The zero-order valence-corrected chi connectivity index (χ0v) is 10.2. The van der Waals surface area contributed by atoms with Gasteiger partial charge in [0.05, 0.1) is 6.10 Å². The maximum absolute atomic E-state index is 13.4. The first-order valence-corrected chi connectivity index (χ1v) is 5.79. The molecule has 0 heterocycles. The highest BCUT2D eigenvalue weighted by atomic mass is 19.2. The number of aliphatic hydroxyl groups excluding tert-OH is 1. The number of aliphatic hydroxyl groups is 1. The first-order valence-electron chi connectivity index (χ1n) is 5.79. The lowest BCUT2D eigenvalue weighted by atomic mass is 10.1. The summed E-state index contributed by atoms with van der Waals surface area (Å²) in [6, 6.07) is 5.83. The minimum absolute atomic E-state index is 0.175. The van der Waals surface area contributed by atoms with E-state index in [0.29, 0.717) is 0 Å². The summed E-state index contributed by atoms with van der Waals surface area (Å²) in [4.78, 5) is 0. The van der Waals surface area contributed by atoms with Crippen molar-refractivity contribution < 1.29 is 22.7 Å². The van der Waals surface area contributed by atoms with Crippen LogP contribution in [0.2, 0.25) is 0 Å². The van der Waals surface area contributed by atoms with Gasteiger partial charge in [0.2, 0.25) is 0 Å². The Morgan fingerprint density at radius 1 is 0.900 bits per heavy atom. The van der Waals surface area contributed by atoms with E-state index >= 15 is 0 Å². The average Bonchev–Trinajstić information content (AvgIpc) is 2.42. The fourth-order valence-corrected chi connectivity index (χ4v) is 1.70. The highest BCUT2D eigenvalue weighted by Crippen LogP contribution is 2.20. The third-order valence-corrected chi connectivity index (χ3v) is 2.74. The molecular formula is C14H11F4NO. The van der Waals surface area contributed by atoms with E-state index in [4.69, 9.17) is 0 Å². The second-order valence-electron chi connectivity index (χ2n) is 4.19. The molecule has 0 amide bonds. The molecule has 20 heavy (non-hydrogen) atoms. The molecule has 0 saturated carbocycles. The number of hydrogen-bond acceptors (Lipinski definition) is 2. The molecule has 0 radical (unpaired) electrons. The molecule has 0 saturated heterocycles. The SMILES string of the molecule is OC(CNc1ccc(F)c(F)c1)c1cc(F)ccc1F. The smallest absolute Gasteiger partial charge is 0.160 e. The van der Waals surface area contributed by atoms with E-state index < -0.39 is 29.4 Å². The number of halogens is 4. The molecule has 2 aromatic rings. The van der Waals surface area contributed by atoms with Crippen LogP contribution >= 0.6 is 0 Å². The summed E-state index contributed by atoms with van der Waals surface area (Å²) < 4.78 is 52.1. The monoisotopic (exact) mass is 285 g/mol. The molecule has 2 aromatic carbocycles. The molecule has 2 nitrogen and oxygen atoms in total. The molecule has 0 aliphatic rings. The molecular weight excluding hydrogens is 274 g/mol. The molecule has 0 aliphatic carbocycles. The molecule has 0 aliphatic heterocycles. The first kappa shape index (κ1) is 14.3. The van der Waals surface area contributed by atoms with Crippen molar-refractivity contribution in [2.24, 2.45) is 0 Å². The van der Waals surface area contributed by atoms with Crippen molar-refractivity contribution in [2.45, 2.75) is 6.10 Å². The highest BCUT2D eigenvalue weighted by Gasteiger charge is 2.14. The van der Waals surface area contributed by atoms with Crippen molar-refractivity contribution in [2.75, 3.05) is 11.9 Å². The summed E-state index contributed by atoms with van der Waals surface area (Å²) >= 11 is 0. The molecule has 6 heteroatoms. The zero-order chi connectivity index (χ0) is 14.7. The molecule has 0 fully saturated rings. The van der Waals surface area contributed by atoms with Gasteiger partial charge >= 0.3 is 0 Å². The Kier molecular flexibility index (Phi) is 4.24. The summed E-state index contributed by atoms with van der Waals surface area (Å²) in [7, 11) is 0. The van der Waals surface area contributed by atoms with Crippen LogP contribution in [0, 0.1) is 23.3 Å². The highest BCUT2D eigenvalue weighted by molar-refractivity contribution is 5.43. The van der Waals surface area contributed by atoms with E-state index in [-0.39, 0.29) is 17.8 Å². The fraction of sp³-hybridized carbons (Fsp3) is 0.143. The lowest BCUT2D eigenvalue weighted by molar-refractivity contribution is 0.186. The molecule has 2 N–H and O–H groups in total. The number of nitrogens with one attached hydrogen (secondary N) is 1. The van der Waals surface area contributed by atoms with Gasteiger partial charge < -0.3 is 10.4 Å². The zero-order valence-electron chi connectivity index (χ0n) is 10.2. The van der Waals surface area contributed by atoms with Crippen LogP contribution in [0.25, 0.3) is 0 Å². The Morgan fingerprint density at radius 2 is 1.60 bits per heavy atom. The molecule has 0 bridgehead atoms. The van der Waals surface area contributed by atoms with Gasteiger partial charge in [-0.3, -0.25) is 0 Å². The third-order valence-electron chi connectivity index (χ3n) is 2.74. The maximum Gasteiger partial charge on any atom is 0.160 e. The molecule has 0 aromatic heterocycles. The maximum atomic E-state index is 13.4. The fourth-order valence-electron chi connectivity index (χ4n) is 1.70. The number of anilines is 1. The average molecular weight is 285 g/mol. The van der Waals surface area contributed by atoms with E-state index in [2.05, 4.69) is 5.32 Å². The summed E-state index contributed by atoms with van der Waals surface area (Å²) in [5, 5.41) is 12.4. The topological polar surface area (TPSA) is 32.3 Å². The van der Waals surface area contributed by atoms with Gasteiger partial charge in [0.1, 0.15) is 11.6 Å². The van der Waals surface area contributed by atoms with Gasteiger partial charge in [0, 0.05) is 23.9 Å². The second kappa shape index (κ2) is 5.92. The van der Waals surface area contributed by atoms with Crippen LogP contribution in [-0.4, -0.2) is 11.7 Å². The second-order valence-corrected chi connectivity index (χ2v) is 4.19. The van der Waals surface area contributed by atoms with Crippen LogP contribution in [0.3, 0.4) is 0 Å². The van der Waals surface area contributed by atoms with Crippen LogP contribution in [0.5, 0.6) is 0 Å². The Balaban J connectivity index is 2.06. The van der Waals surface area contributed by atoms with Crippen LogP contribution in [0.15, 0.2) is 36.4 Å². The van der Waals surface area contributed by atoms with Crippen LogP contribution in [0.1, 0.15) is 11.7 Å². The van der Waals surface area contributed by atoms with Crippen molar-refractivity contribution in [3.05, 3.63) is 65.2 Å².